The topological polar surface area (TPSA) is 43.4 Å². The molecule has 1 saturated heterocycles. The zero-order chi connectivity index (χ0) is 14.5. The van der Waals surface area contributed by atoms with Crippen molar-refractivity contribution >= 4 is 40.8 Å². The lowest BCUT2D eigenvalue weighted by Gasteiger charge is -2.20. The first kappa shape index (κ1) is 17.1. The van der Waals surface area contributed by atoms with E-state index in [0.717, 1.165) is 38.6 Å². The molecule has 1 aliphatic heterocycles. The third-order valence-corrected chi connectivity index (χ3v) is 4.06. The number of benzene rings is 1. The number of rotatable bonds is 4. The molecule has 3 rings (SSSR count). The highest BCUT2D eigenvalue weighted by Gasteiger charge is 2.15. The molecule has 0 aliphatic carbocycles. The Kier molecular flexibility index (Phi) is 6.54. The molecule has 2 heterocycles. The van der Waals surface area contributed by atoms with E-state index in [-0.39, 0.29) is 24.0 Å². The Labute approximate surface area is 149 Å². The molecule has 0 amide bonds. The molecule has 0 spiro atoms. The highest BCUT2D eigenvalue weighted by molar-refractivity contribution is 14.0. The van der Waals surface area contributed by atoms with Crippen LogP contribution in [0.2, 0.25) is 0 Å². The van der Waals surface area contributed by atoms with Crippen LogP contribution in [0, 0.1) is 0 Å². The summed E-state index contributed by atoms with van der Waals surface area (Å²) in [5.74, 6) is 1.08. The number of hydrogen-bond donors (Lipinski definition) is 2. The maximum absolute atomic E-state index is 4.79. The number of nitrogens with one attached hydrogen (secondary N) is 2. The van der Waals surface area contributed by atoms with E-state index in [0.29, 0.717) is 0 Å². The summed E-state index contributed by atoms with van der Waals surface area (Å²) in [7, 11) is 0. The number of aliphatic imine (C=N–C) groups is 1. The van der Waals surface area contributed by atoms with Crippen molar-refractivity contribution in [1.29, 1.82) is 0 Å². The second kappa shape index (κ2) is 8.41. The number of nitrogens with zero attached hydrogens (tertiary/aromatic N) is 2. The van der Waals surface area contributed by atoms with Crippen molar-refractivity contribution in [1.82, 2.24) is 15.2 Å². The number of likely N-dealkylation sites (tertiary alicyclic amines) is 1. The van der Waals surface area contributed by atoms with E-state index >= 15 is 0 Å². The highest BCUT2D eigenvalue weighted by Crippen LogP contribution is 2.18. The molecule has 0 saturated carbocycles. The Morgan fingerprint density at radius 1 is 1.27 bits per heavy atom. The minimum absolute atomic E-state index is 0. The smallest absolute Gasteiger partial charge is 0.193 e. The number of hydrogen-bond acceptors (Lipinski definition) is 1. The first-order valence-electron chi connectivity index (χ1n) is 7.96. The minimum Gasteiger partial charge on any atom is -0.361 e. The van der Waals surface area contributed by atoms with E-state index in [1.807, 2.05) is 0 Å². The summed E-state index contributed by atoms with van der Waals surface area (Å²) in [5.41, 5.74) is 2.56. The van der Waals surface area contributed by atoms with Gasteiger partial charge in [0.15, 0.2) is 5.96 Å². The summed E-state index contributed by atoms with van der Waals surface area (Å²) in [6.45, 7) is 6.17. The van der Waals surface area contributed by atoms with Gasteiger partial charge < -0.3 is 15.2 Å². The number of fused-ring (bicyclic) bond motifs is 1. The maximum atomic E-state index is 4.79. The Morgan fingerprint density at radius 3 is 2.82 bits per heavy atom. The molecule has 120 valence electrons. The number of aromatic nitrogens is 1. The van der Waals surface area contributed by atoms with Crippen LogP contribution in [0.3, 0.4) is 0 Å². The van der Waals surface area contributed by atoms with Gasteiger partial charge in [0.1, 0.15) is 0 Å². The van der Waals surface area contributed by atoms with Gasteiger partial charge in [0.2, 0.25) is 0 Å². The van der Waals surface area contributed by atoms with Gasteiger partial charge in [-0.3, -0.25) is 4.99 Å². The Morgan fingerprint density at radius 2 is 2.05 bits per heavy atom. The summed E-state index contributed by atoms with van der Waals surface area (Å²) in [6, 6.07) is 8.46. The number of halogens is 1. The van der Waals surface area contributed by atoms with Gasteiger partial charge in [0.05, 0.1) is 0 Å². The van der Waals surface area contributed by atoms with E-state index in [1.54, 1.807) is 0 Å². The lowest BCUT2D eigenvalue weighted by atomic mass is 10.1. The van der Waals surface area contributed by atoms with Crippen molar-refractivity contribution in [3.63, 3.8) is 0 Å². The zero-order valence-electron chi connectivity index (χ0n) is 13.1. The van der Waals surface area contributed by atoms with E-state index in [2.05, 4.69) is 52.6 Å². The van der Waals surface area contributed by atoms with Crippen molar-refractivity contribution < 1.29 is 0 Å². The average Bonchev–Trinajstić information content (AvgIpc) is 3.16. The molecule has 22 heavy (non-hydrogen) atoms. The van der Waals surface area contributed by atoms with E-state index < -0.39 is 0 Å². The van der Waals surface area contributed by atoms with Gasteiger partial charge in [-0.1, -0.05) is 18.2 Å². The lowest BCUT2D eigenvalue weighted by Crippen LogP contribution is -2.39. The summed E-state index contributed by atoms with van der Waals surface area (Å²) < 4.78 is 0. The molecule has 0 radical (unpaired) electrons. The predicted molar refractivity (Wildman–Crippen MR) is 104 cm³/mol. The van der Waals surface area contributed by atoms with Gasteiger partial charge in [0, 0.05) is 43.3 Å². The SMILES string of the molecule is CCNC(=NCCc1c[nH]c2ccccc12)N1CCCC1.I. The third kappa shape index (κ3) is 3.94. The van der Waals surface area contributed by atoms with Gasteiger partial charge in [-0.2, -0.15) is 0 Å². The van der Waals surface area contributed by atoms with Crippen molar-refractivity contribution in [2.45, 2.75) is 26.2 Å². The van der Waals surface area contributed by atoms with Crippen LogP contribution in [0.4, 0.5) is 0 Å². The van der Waals surface area contributed by atoms with E-state index in [1.165, 1.54) is 29.3 Å². The summed E-state index contributed by atoms with van der Waals surface area (Å²) in [6.07, 6.45) is 5.66. The summed E-state index contributed by atoms with van der Waals surface area (Å²) in [4.78, 5) is 10.5. The molecule has 4 nitrogen and oxygen atoms in total. The van der Waals surface area contributed by atoms with E-state index in [9.17, 15) is 0 Å². The fourth-order valence-electron chi connectivity index (χ4n) is 2.98. The predicted octanol–water partition coefficient (Wildman–Crippen LogP) is 3.39. The van der Waals surface area contributed by atoms with Gasteiger partial charge >= 0.3 is 0 Å². The average molecular weight is 412 g/mol. The largest absolute Gasteiger partial charge is 0.361 e. The molecule has 0 atom stereocenters. The van der Waals surface area contributed by atoms with Gasteiger partial charge in [-0.25, -0.2) is 0 Å². The third-order valence-electron chi connectivity index (χ3n) is 4.06. The van der Waals surface area contributed by atoms with Gasteiger partial charge in [-0.15, -0.1) is 24.0 Å². The Bertz CT molecular complexity index is 614. The van der Waals surface area contributed by atoms with Gasteiger partial charge in [-0.05, 0) is 37.8 Å². The molecule has 1 aliphatic rings. The highest BCUT2D eigenvalue weighted by atomic mass is 127. The van der Waals surface area contributed by atoms with Crippen LogP contribution in [-0.4, -0.2) is 42.0 Å². The molecule has 2 aromatic rings. The van der Waals surface area contributed by atoms with Gasteiger partial charge in [0.25, 0.3) is 0 Å². The molecular weight excluding hydrogens is 387 g/mol. The molecule has 2 N–H and O–H groups in total. The van der Waals surface area contributed by atoms with Crippen LogP contribution < -0.4 is 5.32 Å². The Hall–Kier alpha value is -1.24. The second-order valence-electron chi connectivity index (χ2n) is 5.54. The first-order chi connectivity index (χ1) is 10.4. The maximum Gasteiger partial charge on any atom is 0.193 e. The molecular formula is C17H25IN4. The molecule has 0 unspecified atom stereocenters. The molecule has 5 heteroatoms. The van der Waals surface area contributed by atoms with E-state index in [4.69, 9.17) is 4.99 Å². The Balaban J connectivity index is 0.00000176. The van der Waals surface area contributed by atoms with Crippen LogP contribution in [0.15, 0.2) is 35.5 Å². The fraction of sp³-hybridized carbons (Fsp3) is 0.471. The quantitative estimate of drug-likeness (QED) is 0.460. The van der Waals surface area contributed by atoms with Crippen LogP contribution >= 0.6 is 24.0 Å². The molecule has 1 fully saturated rings. The molecule has 0 bridgehead atoms. The standard InChI is InChI=1S/C17H24N4.HI/c1-2-18-17(21-11-5-6-12-21)19-10-9-14-13-20-16-8-4-3-7-15(14)16;/h3-4,7-8,13,20H,2,5-6,9-12H2,1H3,(H,18,19);1H. The summed E-state index contributed by atoms with van der Waals surface area (Å²) >= 11 is 0. The second-order valence-corrected chi connectivity index (χ2v) is 5.54. The van der Waals surface area contributed by atoms with Crippen LogP contribution in [-0.2, 0) is 6.42 Å². The van der Waals surface area contributed by atoms with Crippen molar-refractivity contribution in [3.05, 3.63) is 36.0 Å². The molecule has 1 aromatic carbocycles. The lowest BCUT2D eigenvalue weighted by molar-refractivity contribution is 0.494. The first-order valence-corrected chi connectivity index (χ1v) is 7.96. The van der Waals surface area contributed by atoms with Crippen molar-refractivity contribution in [2.75, 3.05) is 26.2 Å². The normalized spacial score (nSPS) is 15.1. The van der Waals surface area contributed by atoms with Crippen LogP contribution in [0.25, 0.3) is 10.9 Å². The number of aromatic amines is 1. The zero-order valence-corrected chi connectivity index (χ0v) is 15.5. The minimum atomic E-state index is 0. The van der Waals surface area contributed by atoms with Crippen molar-refractivity contribution in [3.8, 4) is 0 Å². The van der Waals surface area contributed by atoms with Crippen LogP contribution in [0.1, 0.15) is 25.3 Å². The molecule has 1 aromatic heterocycles. The number of guanidine groups is 1. The van der Waals surface area contributed by atoms with Crippen LogP contribution in [0.5, 0.6) is 0 Å². The van der Waals surface area contributed by atoms with Crippen molar-refractivity contribution in [2.24, 2.45) is 4.99 Å². The number of para-hydroxylation sites is 1. The monoisotopic (exact) mass is 412 g/mol. The number of H-pyrrole nitrogens is 1. The summed E-state index contributed by atoms with van der Waals surface area (Å²) in [5, 5.41) is 4.73. The fourth-order valence-corrected chi connectivity index (χ4v) is 2.98.